The molecule has 2 rings (SSSR count). The molecule has 0 amide bonds. The quantitative estimate of drug-likeness (QED) is 0.880. The van der Waals surface area contributed by atoms with Crippen LogP contribution >= 0.6 is 11.8 Å². The van der Waals surface area contributed by atoms with Crippen molar-refractivity contribution in [2.24, 2.45) is 0 Å². The normalized spacial score (nSPS) is 10.3. The standard InChI is InChI=1S/C10H8N2O3S/c1-6-5-15-10(11-6)16-8-4-2-3-7(12-8)9(13)14/h2-5H,1H3,(H,13,14). The summed E-state index contributed by atoms with van der Waals surface area (Å²) in [6.45, 7) is 1.81. The largest absolute Gasteiger partial charge is 0.477 e. The summed E-state index contributed by atoms with van der Waals surface area (Å²) in [4.78, 5) is 18.7. The number of hydrogen-bond donors (Lipinski definition) is 1. The molecule has 0 fully saturated rings. The smallest absolute Gasteiger partial charge is 0.354 e. The predicted molar refractivity (Wildman–Crippen MR) is 56.6 cm³/mol. The van der Waals surface area contributed by atoms with Gasteiger partial charge < -0.3 is 9.52 Å². The van der Waals surface area contributed by atoms with Crippen LogP contribution in [-0.2, 0) is 0 Å². The molecular formula is C10H8N2O3S. The van der Waals surface area contributed by atoms with Gasteiger partial charge in [0.1, 0.15) is 17.0 Å². The Labute approximate surface area is 95.5 Å². The number of aromatic carboxylic acids is 1. The Morgan fingerprint density at radius 1 is 1.44 bits per heavy atom. The van der Waals surface area contributed by atoms with Gasteiger partial charge in [-0.05, 0) is 30.8 Å². The van der Waals surface area contributed by atoms with Gasteiger partial charge in [0, 0.05) is 0 Å². The molecule has 1 N–H and O–H groups in total. The molecular weight excluding hydrogens is 228 g/mol. The Kier molecular flexibility index (Phi) is 2.91. The number of carbonyl (C=O) groups is 1. The average molecular weight is 236 g/mol. The van der Waals surface area contributed by atoms with Crippen molar-refractivity contribution in [1.29, 1.82) is 0 Å². The maximum absolute atomic E-state index is 10.7. The minimum Gasteiger partial charge on any atom is -0.477 e. The van der Waals surface area contributed by atoms with Gasteiger partial charge in [-0.15, -0.1) is 0 Å². The molecule has 0 bridgehead atoms. The first-order valence-corrected chi connectivity index (χ1v) is 5.27. The maximum Gasteiger partial charge on any atom is 0.354 e. The number of oxazole rings is 1. The van der Waals surface area contributed by atoms with Gasteiger partial charge in [0.25, 0.3) is 5.22 Å². The molecule has 0 radical (unpaired) electrons. The molecule has 82 valence electrons. The summed E-state index contributed by atoms with van der Waals surface area (Å²) >= 11 is 1.19. The summed E-state index contributed by atoms with van der Waals surface area (Å²) in [5, 5.41) is 9.76. The van der Waals surface area contributed by atoms with Gasteiger partial charge in [-0.3, -0.25) is 0 Å². The van der Waals surface area contributed by atoms with Crippen LogP contribution in [0.5, 0.6) is 0 Å². The van der Waals surface area contributed by atoms with E-state index in [0.717, 1.165) is 5.69 Å². The third-order valence-electron chi connectivity index (χ3n) is 1.73. The van der Waals surface area contributed by atoms with E-state index in [2.05, 4.69) is 9.97 Å². The van der Waals surface area contributed by atoms with Crippen molar-refractivity contribution in [3.63, 3.8) is 0 Å². The Bertz CT molecular complexity index is 524. The van der Waals surface area contributed by atoms with Crippen molar-refractivity contribution >= 4 is 17.7 Å². The zero-order valence-electron chi connectivity index (χ0n) is 8.38. The van der Waals surface area contributed by atoms with Crippen molar-refractivity contribution in [3.05, 3.63) is 35.9 Å². The Morgan fingerprint density at radius 3 is 2.88 bits per heavy atom. The third-order valence-corrected chi connectivity index (χ3v) is 2.53. The number of carboxylic acids is 1. The lowest BCUT2D eigenvalue weighted by atomic mass is 10.4. The summed E-state index contributed by atoms with van der Waals surface area (Å²) in [5.41, 5.74) is 0.783. The highest BCUT2D eigenvalue weighted by atomic mass is 32.2. The lowest BCUT2D eigenvalue weighted by Gasteiger charge is -1.97. The number of rotatable bonds is 3. The maximum atomic E-state index is 10.7. The van der Waals surface area contributed by atoms with Gasteiger partial charge >= 0.3 is 5.97 Å². The van der Waals surface area contributed by atoms with Crippen molar-refractivity contribution in [2.75, 3.05) is 0 Å². The number of carboxylic acid groups (broad SMARTS) is 1. The summed E-state index contributed by atoms with van der Waals surface area (Å²) in [6.07, 6.45) is 1.53. The molecule has 6 heteroatoms. The lowest BCUT2D eigenvalue weighted by molar-refractivity contribution is 0.0689. The molecule has 0 saturated heterocycles. The van der Waals surface area contributed by atoms with Crippen LogP contribution in [0.25, 0.3) is 0 Å². The molecule has 0 unspecified atom stereocenters. The van der Waals surface area contributed by atoms with E-state index < -0.39 is 5.97 Å². The van der Waals surface area contributed by atoms with Crippen LogP contribution in [0.3, 0.4) is 0 Å². The van der Waals surface area contributed by atoms with Crippen LogP contribution in [0.2, 0.25) is 0 Å². The molecule has 0 saturated carbocycles. The van der Waals surface area contributed by atoms with Crippen LogP contribution in [0.1, 0.15) is 16.2 Å². The molecule has 0 aliphatic heterocycles. The minimum atomic E-state index is -1.05. The SMILES string of the molecule is Cc1coc(Sc2cccc(C(=O)O)n2)n1. The monoisotopic (exact) mass is 236 g/mol. The Morgan fingerprint density at radius 2 is 2.25 bits per heavy atom. The van der Waals surface area contributed by atoms with E-state index in [1.807, 2.05) is 6.92 Å². The van der Waals surface area contributed by atoms with Crippen molar-refractivity contribution in [2.45, 2.75) is 17.2 Å². The van der Waals surface area contributed by atoms with Crippen LogP contribution in [-0.4, -0.2) is 21.0 Å². The predicted octanol–water partition coefficient (Wildman–Crippen LogP) is 2.23. The fraction of sp³-hybridized carbons (Fsp3) is 0.100. The van der Waals surface area contributed by atoms with Crippen LogP contribution in [0.4, 0.5) is 0 Å². The second-order valence-corrected chi connectivity index (χ2v) is 3.99. The fourth-order valence-electron chi connectivity index (χ4n) is 1.06. The van der Waals surface area contributed by atoms with Crippen molar-refractivity contribution in [3.8, 4) is 0 Å². The van der Waals surface area contributed by atoms with Crippen LogP contribution in [0, 0.1) is 6.92 Å². The van der Waals surface area contributed by atoms with Gasteiger partial charge in [-0.2, -0.15) is 0 Å². The first-order valence-electron chi connectivity index (χ1n) is 4.45. The highest BCUT2D eigenvalue weighted by Crippen LogP contribution is 2.24. The van der Waals surface area contributed by atoms with Gasteiger partial charge in [0.2, 0.25) is 0 Å². The summed E-state index contributed by atoms with van der Waals surface area (Å²) in [6, 6.07) is 4.78. The minimum absolute atomic E-state index is 0.00766. The Balaban J connectivity index is 2.21. The van der Waals surface area contributed by atoms with Gasteiger partial charge in [-0.25, -0.2) is 14.8 Å². The zero-order chi connectivity index (χ0) is 11.5. The molecule has 5 nitrogen and oxygen atoms in total. The number of aryl methyl sites for hydroxylation is 1. The Hall–Kier alpha value is -1.82. The summed E-state index contributed by atoms with van der Waals surface area (Å²) in [7, 11) is 0. The first kappa shape index (κ1) is 10.7. The molecule has 16 heavy (non-hydrogen) atoms. The first-order chi connectivity index (χ1) is 7.65. The number of aromatic nitrogens is 2. The molecule has 0 aromatic carbocycles. The average Bonchev–Trinajstić information content (AvgIpc) is 2.64. The molecule has 0 aliphatic carbocycles. The number of hydrogen-bond acceptors (Lipinski definition) is 5. The van der Waals surface area contributed by atoms with Gasteiger partial charge in [0.15, 0.2) is 0 Å². The molecule has 2 aromatic heterocycles. The van der Waals surface area contributed by atoms with E-state index in [9.17, 15) is 4.79 Å². The molecule has 2 heterocycles. The topological polar surface area (TPSA) is 76.2 Å². The molecule has 0 atom stereocenters. The second-order valence-electron chi connectivity index (χ2n) is 3.02. The van der Waals surface area contributed by atoms with E-state index in [1.165, 1.54) is 24.1 Å². The van der Waals surface area contributed by atoms with E-state index in [1.54, 1.807) is 12.1 Å². The molecule has 0 spiro atoms. The summed E-state index contributed by atoms with van der Waals surface area (Å²) < 4.78 is 5.13. The number of nitrogens with zero attached hydrogens (tertiary/aromatic N) is 2. The van der Waals surface area contributed by atoms with E-state index in [-0.39, 0.29) is 5.69 Å². The second kappa shape index (κ2) is 4.36. The van der Waals surface area contributed by atoms with E-state index in [0.29, 0.717) is 10.2 Å². The van der Waals surface area contributed by atoms with E-state index in [4.69, 9.17) is 9.52 Å². The van der Waals surface area contributed by atoms with Crippen LogP contribution in [0.15, 0.2) is 39.1 Å². The third kappa shape index (κ3) is 2.40. The van der Waals surface area contributed by atoms with Gasteiger partial charge in [-0.1, -0.05) is 6.07 Å². The fourth-order valence-corrected chi connectivity index (χ4v) is 1.81. The number of pyridine rings is 1. The summed E-state index contributed by atoms with van der Waals surface area (Å²) in [5.74, 6) is -1.05. The van der Waals surface area contributed by atoms with Crippen molar-refractivity contribution < 1.29 is 14.3 Å². The van der Waals surface area contributed by atoms with Gasteiger partial charge in [0.05, 0.1) is 5.69 Å². The highest BCUT2D eigenvalue weighted by molar-refractivity contribution is 7.99. The lowest BCUT2D eigenvalue weighted by Crippen LogP contribution is -1.99. The molecule has 2 aromatic rings. The van der Waals surface area contributed by atoms with Crippen LogP contribution < -0.4 is 0 Å². The van der Waals surface area contributed by atoms with Crippen molar-refractivity contribution in [1.82, 2.24) is 9.97 Å². The zero-order valence-corrected chi connectivity index (χ0v) is 9.19. The molecule has 0 aliphatic rings. The van der Waals surface area contributed by atoms with E-state index >= 15 is 0 Å². The highest BCUT2D eigenvalue weighted by Gasteiger charge is 2.08.